The first kappa shape index (κ1) is 38.5. The normalized spacial score (nSPS) is 13.6. The molecule has 0 N–H and O–H groups in total. The Labute approximate surface area is 388 Å². The van der Waals surface area contributed by atoms with E-state index in [-0.39, 0.29) is 0 Å². The van der Waals surface area contributed by atoms with Crippen molar-refractivity contribution >= 4 is 17.1 Å². The van der Waals surface area contributed by atoms with Gasteiger partial charge in [0.05, 0.1) is 11.1 Å². The zero-order valence-corrected chi connectivity index (χ0v) is 36.8. The average Bonchev–Trinajstić information content (AvgIpc) is 3.86. The summed E-state index contributed by atoms with van der Waals surface area (Å²) in [6.45, 7) is 0. The zero-order chi connectivity index (χ0) is 43.6. The highest BCUT2D eigenvalue weighted by Gasteiger charge is 2.52. The number of fused-ring (bicyclic) bond motifs is 11. The van der Waals surface area contributed by atoms with E-state index < -0.39 is 5.41 Å². The quantitative estimate of drug-likeness (QED) is 0.155. The molecule has 13 rings (SSSR count). The molecule has 0 aliphatic heterocycles. The van der Waals surface area contributed by atoms with Crippen molar-refractivity contribution in [3.63, 3.8) is 0 Å². The molecule has 0 fully saturated rings. The number of anilines is 3. The maximum absolute atomic E-state index is 2.55. The Balaban J connectivity index is 1.02. The van der Waals surface area contributed by atoms with Crippen molar-refractivity contribution in [1.82, 2.24) is 0 Å². The summed E-state index contributed by atoms with van der Waals surface area (Å²) in [5.41, 5.74) is 26.4. The summed E-state index contributed by atoms with van der Waals surface area (Å²) in [5, 5.41) is 0. The van der Waals surface area contributed by atoms with Gasteiger partial charge in [-0.05, 0) is 157 Å². The predicted molar refractivity (Wildman–Crippen MR) is 276 cm³/mol. The molecule has 10 aromatic carbocycles. The first-order valence-corrected chi connectivity index (χ1v) is 23.5. The first-order valence-electron chi connectivity index (χ1n) is 23.5. The summed E-state index contributed by atoms with van der Waals surface area (Å²) in [5.74, 6) is 0. The molecule has 0 unspecified atom stereocenters. The number of hydrogen-bond acceptors (Lipinski definition) is 1. The van der Waals surface area contributed by atoms with Crippen LogP contribution < -0.4 is 4.90 Å². The van der Waals surface area contributed by atoms with Gasteiger partial charge in [-0.15, -0.1) is 0 Å². The van der Waals surface area contributed by atoms with Crippen molar-refractivity contribution in [3.8, 4) is 66.8 Å². The highest BCUT2D eigenvalue weighted by Crippen LogP contribution is 2.64. The molecule has 1 heteroatoms. The lowest BCUT2D eigenvalue weighted by atomic mass is 9.70. The largest absolute Gasteiger partial charge is 0.310 e. The molecule has 0 aromatic heterocycles. The fraction of sp³-hybridized carbons (Fsp3) is 0.0769. The third kappa shape index (κ3) is 6.00. The van der Waals surface area contributed by atoms with E-state index in [2.05, 4.69) is 241 Å². The Morgan fingerprint density at radius 2 is 0.727 bits per heavy atom. The smallest absolute Gasteiger partial charge is 0.0726 e. The van der Waals surface area contributed by atoms with Crippen LogP contribution in [0.1, 0.15) is 46.2 Å². The monoisotopic (exact) mass is 841 g/mol. The summed E-state index contributed by atoms with van der Waals surface area (Å²) >= 11 is 0. The standard InChI is InChI=1S/C65H47N/c1-3-16-44(17-4-1)45-30-32-46(33-31-45)47-38-40-52(41-39-47)66(51-20-5-2-6-21-51)64-43-63-59(42-58(64)50-36-34-49(35-37-50)54-26-15-19-48-18-7-8-22-53(48)54)57-25-11-14-29-62(57)65(63)60-27-12-9-23-55(60)56-24-10-13-28-61(56)65/h1-6,9-17,19-21,23-43H,7-8,18,22H2. The molecule has 1 nitrogen and oxygen atoms in total. The maximum atomic E-state index is 2.55. The van der Waals surface area contributed by atoms with E-state index in [9.17, 15) is 0 Å². The van der Waals surface area contributed by atoms with E-state index >= 15 is 0 Å². The molecule has 3 aliphatic carbocycles. The highest BCUT2D eigenvalue weighted by molar-refractivity contribution is 6.00. The van der Waals surface area contributed by atoms with Crippen LogP contribution in [-0.2, 0) is 18.3 Å². The zero-order valence-electron chi connectivity index (χ0n) is 36.8. The van der Waals surface area contributed by atoms with Gasteiger partial charge >= 0.3 is 0 Å². The topological polar surface area (TPSA) is 3.24 Å². The van der Waals surface area contributed by atoms with Gasteiger partial charge in [0, 0.05) is 16.9 Å². The van der Waals surface area contributed by atoms with Gasteiger partial charge in [-0.3, -0.25) is 0 Å². The Kier molecular flexibility index (Phi) is 9.10. The van der Waals surface area contributed by atoms with Gasteiger partial charge in [0.1, 0.15) is 0 Å². The molecule has 0 amide bonds. The van der Waals surface area contributed by atoms with Crippen molar-refractivity contribution in [2.45, 2.75) is 31.1 Å². The average molecular weight is 842 g/mol. The molecule has 312 valence electrons. The molecule has 0 atom stereocenters. The molecule has 66 heavy (non-hydrogen) atoms. The van der Waals surface area contributed by atoms with Crippen LogP contribution in [0.5, 0.6) is 0 Å². The van der Waals surface area contributed by atoms with Crippen LogP contribution in [0.25, 0.3) is 66.8 Å². The number of benzene rings is 10. The fourth-order valence-electron chi connectivity index (χ4n) is 11.7. The number of para-hydroxylation sites is 1. The molecule has 0 saturated heterocycles. The maximum Gasteiger partial charge on any atom is 0.0726 e. The van der Waals surface area contributed by atoms with Crippen LogP contribution >= 0.6 is 0 Å². The molecule has 0 radical (unpaired) electrons. The lowest BCUT2D eigenvalue weighted by molar-refractivity contribution is 0.687. The third-order valence-electron chi connectivity index (χ3n) is 14.7. The third-order valence-corrected chi connectivity index (χ3v) is 14.7. The predicted octanol–water partition coefficient (Wildman–Crippen LogP) is 17.0. The summed E-state index contributed by atoms with van der Waals surface area (Å²) in [7, 11) is 0. The van der Waals surface area contributed by atoms with E-state index in [0.29, 0.717) is 0 Å². The Morgan fingerprint density at radius 3 is 1.33 bits per heavy atom. The summed E-state index contributed by atoms with van der Waals surface area (Å²) < 4.78 is 0. The Bertz CT molecular complexity index is 3390. The van der Waals surface area contributed by atoms with Gasteiger partial charge < -0.3 is 4.90 Å². The van der Waals surface area contributed by atoms with Crippen molar-refractivity contribution < 1.29 is 0 Å². The number of nitrogens with zero attached hydrogens (tertiary/aromatic N) is 1. The van der Waals surface area contributed by atoms with Crippen LogP contribution in [0.4, 0.5) is 17.1 Å². The molecule has 3 aliphatic rings. The van der Waals surface area contributed by atoms with E-state index in [1.165, 1.54) is 119 Å². The molecule has 0 saturated carbocycles. The molecule has 10 aromatic rings. The summed E-state index contributed by atoms with van der Waals surface area (Å²) in [6, 6.07) is 88.5. The summed E-state index contributed by atoms with van der Waals surface area (Å²) in [6.07, 6.45) is 4.86. The van der Waals surface area contributed by atoms with Crippen LogP contribution in [0.15, 0.2) is 237 Å². The van der Waals surface area contributed by atoms with Crippen molar-refractivity contribution in [2.75, 3.05) is 4.90 Å². The van der Waals surface area contributed by atoms with Gasteiger partial charge in [0.2, 0.25) is 0 Å². The number of aryl methyl sites for hydroxylation is 1. The van der Waals surface area contributed by atoms with Crippen molar-refractivity contribution in [1.29, 1.82) is 0 Å². The second kappa shape index (κ2) is 15.6. The lowest BCUT2D eigenvalue weighted by Crippen LogP contribution is -2.26. The van der Waals surface area contributed by atoms with E-state index in [4.69, 9.17) is 0 Å². The Morgan fingerprint density at radius 1 is 0.288 bits per heavy atom. The molecular weight excluding hydrogens is 795 g/mol. The van der Waals surface area contributed by atoms with E-state index in [1.54, 1.807) is 0 Å². The van der Waals surface area contributed by atoms with E-state index in [1.807, 2.05) is 0 Å². The Hall–Kier alpha value is -8.00. The van der Waals surface area contributed by atoms with Gasteiger partial charge in [0.25, 0.3) is 0 Å². The first-order chi connectivity index (χ1) is 32.7. The minimum atomic E-state index is -0.471. The second-order valence-electron chi connectivity index (χ2n) is 18.2. The van der Waals surface area contributed by atoms with Crippen LogP contribution in [0, 0.1) is 0 Å². The second-order valence-corrected chi connectivity index (χ2v) is 18.2. The highest BCUT2D eigenvalue weighted by atomic mass is 15.1. The van der Waals surface area contributed by atoms with Crippen LogP contribution in [-0.4, -0.2) is 0 Å². The molecule has 0 heterocycles. The van der Waals surface area contributed by atoms with Gasteiger partial charge in [-0.1, -0.05) is 200 Å². The molecule has 0 bridgehead atoms. The van der Waals surface area contributed by atoms with Crippen molar-refractivity contribution in [2.24, 2.45) is 0 Å². The van der Waals surface area contributed by atoms with Crippen molar-refractivity contribution in [3.05, 3.63) is 270 Å². The van der Waals surface area contributed by atoms with Gasteiger partial charge in [-0.2, -0.15) is 0 Å². The van der Waals surface area contributed by atoms with Crippen LogP contribution in [0.2, 0.25) is 0 Å². The van der Waals surface area contributed by atoms with Gasteiger partial charge in [0.15, 0.2) is 0 Å². The molecule has 1 spiro atoms. The molecular formula is C65H47N. The number of hydrogen-bond donors (Lipinski definition) is 0. The lowest BCUT2D eigenvalue weighted by Gasteiger charge is -2.33. The fourth-order valence-corrected chi connectivity index (χ4v) is 11.7. The van der Waals surface area contributed by atoms with E-state index in [0.717, 1.165) is 23.5 Å². The summed E-state index contributed by atoms with van der Waals surface area (Å²) in [4.78, 5) is 2.49. The number of rotatable bonds is 7. The minimum absolute atomic E-state index is 0.471. The van der Waals surface area contributed by atoms with Crippen LogP contribution in [0.3, 0.4) is 0 Å². The SMILES string of the molecule is c1ccc(-c2ccc(-c3ccc(N(c4ccccc4)c4cc5c(cc4-c4ccc(-c6cccc7c6CCCC7)cc4)-c4ccccc4C54c5ccccc5-c5ccccc54)cc3)cc2)cc1. The van der Waals surface area contributed by atoms with Gasteiger partial charge in [-0.25, -0.2) is 0 Å². The minimum Gasteiger partial charge on any atom is -0.310 e.